The van der Waals surface area contributed by atoms with Crippen LogP contribution < -0.4 is 0 Å². The molecule has 0 aromatic carbocycles. The first kappa shape index (κ1) is 23.2. The largest absolute Gasteiger partial charge is 0.392 e. The van der Waals surface area contributed by atoms with Gasteiger partial charge in [-0.25, -0.2) is 0 Å². The Morgan fingerprint density at radius 2 is 2.00 bits per heavy atom. The molecule has 0 amide bonds. The molecule has 28 heavy (non-hydrogen) atoms. The number of rotatable bonds is 10. The average Bonchev–Trinajstić information content (AvgIpc) is 3.16. The molecule has 3 heteroatoms. The smallest absolute Gasteiger partial charge is 0.0755 e. The van der Waals surface area contributed by atoms with E-state index in [1.807, 2.05) is 19.9 Å². The third kappa shape index (κ3) is 7.07. The summed E-state index contributed by atoms with van der Waals surface area (Å²) in [5.74, 6) is 7.42. The van der Waals surface area contributed by atoms with Crippen molar-refractivity contribution in [2.75, 3.05) is 20.6 Å². The van der Waals surface area contributed by atoms with Gasteiger partial charge < -0.3 is 15.1 Å². The van der Waals surface area contributed by atoms with Crippen molar-refractivity contribution < 1.29 is 10.2 Å². The van der Waals surface area contributed by atoms with Gasteiger partial charge in [0.15, 0.2) is 0 Å². The molecule has 0 aliphatic heterocycles. The lowest BCUT2D eigenvalue weighted by molar-refractivity contribution is 0.137. The van der Waals surface area contributed by atoms with Crippen LogP contribution in [0.5, 0.6) is 0 Å². The fourth-order valence-corrected chi connectivity index (χ4v) is 4.81. The summed E-state index contributed by atoms with van der Waals surface area (Å²) in [6, 6.07) is 0. The van der Waals surface area contributed by atoms with Crippen molar-refractivity contribution in [3.05, 3.63) is 23.8 Å². The van der Waals surface area contributed by atoms with E-state index in [1.165, 1.54) is 32.2 Å². The number of aliphatic hydroxyl groups is 2. The van der Waals surface area contributed by atoms with Gasteiger partial charge in [-0.15, -0.1) is 11.8 Å². The molecule has 2 N–H and O–H groups in total. The van der Waals surface area contributed by atoms with E-state index >= 15 is 0 Å². The number of aliphatic hydroxyl groups excluding tert-OH is 2. The molecule has 3 nitrogen and oxygen atoms in total. The minimum atomic E-state index is -0.481. The average molecular weight is 388 g/mol. The first-order valence-electron chi connectivity index (χ1n) is 11.2. The molecule has 0 spiro atoms. The van der Waals surface area contributed by atoms with Crippen LogP contribution >= 0.6 is 0 Å². The van der Waals surface area contributed by atoms with Crippen LogP contribution in [0.4, 0.5) is 0 Å². The Balaban J connectivity index is 1.81. The van der Waals surface area contributed by atoms with Crippen molar-refractivity contribution >= 4 is 0 Å². The monoisotopic (exact) mass is 387 g/mol. The first-order valence-corrected chi connectivity index (χ1v) is 11.2. The SMILES string of the molecule is CC#CC[C@@H](C)[C@H](O)/C=C/[C@@H]1[C@H]2C/C(=C/CCCCCN(C)C)C[C@H]2C[C@H]1O. The first-order chi connectivity index (χ1) is 13.4. The lowest BCUT2D eigenvalue weighted by atomic mass is 9.89. The Bertz CT molecular complexity index is 583. The summed E-state index contributed by atoms with van der Waals surface area (Å²) in [6.07, 6.45) is 14.7. The van der Waals surface area contributed by atoms with Gasteiger partial charge in [0.25, 0.3) is 0 Å². The Hall–Kier alpha value is -1.08. The molecule has 0 aromatic rings. The molecule has 0 aromatic heterocycles. The Morgan fingerprint density at radius 3 is 2.71 bits per heavy atom. The number of unbranched alkanes of at least 4 members (excludes halogenated alkanes) is 3. The van der Waals surface area contributed by atoms with Gasteiger partial charge in [0.1, 0.15) is 0 Å². The zero-order valence-electron chi connectivity index (χ0n) is 18.4. The maximum atomic E-state index is 10.5. The summed E-state index contributed by atoms with van der Waals surface area (Å²) >= 11 is 0. The van der Waals surface area contributed by atoms with Gasteiger partial charge in [-0.3, -0.25) is 0 Å². The minimum absolute atomic E-state index is 0.129. The van der Waals surface area contributed by atoms with Crippen LogP contribution in [0.3, 0.4) is 0 Å². The maximum Gasteiger partial charge on any atom is 0.0755 e. The molecule has 0 radical (unpaired) electrons. The highest BCUT2D eigenvalue weighted by atomic mass is 16.3. The van der Waals surface area contributed by atoms with Crippen molar-refractivity contribution in [2.45, 2.75) is 77.4 Å². The van der Waals surface area contributed by atoms with Crippen LogP contribution in [0.2, 0.25) is 0 Å². The van der Waals surface area contributed by atoms with E-state index in [-0.39, 0.29) is 17.9 Å². The summed E-state index contributed by atoms with van der Waals surface area (Å²) in [4.78, 5) is 2.25. The number of nitrogens with zero attached hydrogens (tertiary/aromatic N) is 1. The highest BCUT2D eigenvalue weighted by Crippen LogP contribution is 2.50. The van der Waals surface area contributed by atoms with E-state index in [1.54, 1.807) is 5.57 Å². The molecule has 0 unspecified atom stereocenters. The van der Waals surface area contributed by atoms with E-state index in [0.717, 1.165) is 19.3 Å². The molecule has 2 rings (SSSR count). The molecule has 158 valence electrons. The van der Waals surface area contributed by atoms with Crippen molar-refractivity contribution in [1.29, 1.82) is 0 Å². The van der Waals surface area contributed by atoms with E-state index < -0.39 is 6.10 Å². The lowest BCUT2D eigenvalue weighted by Gasteiger charge is -2.19. The maximum absolute atomic E-state index is 10.5. The van der Waals surface area contributed by atoms with Gasteiger partial charge >= 0.3 is 0 Å². The van der Waals surface area contributed by atoms with Gasteiger partial charge in [-0.2, -0.15) is 0 Å². The topological polar surface area (TPSA) is 43.7 Å². The second-order valence-corrected chi connectivity index (χ2v) is 9.21. The Labute approximate surface area is 172 Å². The third-order valence-electron chi connectivity index (χ3n) is 6.57. The molecule has 2 fully saturated rings. The summed E-state index contributed by atoms with van der Waals surface area (Å²) in [5.41, 5.74) is 1.60. The number of allylic oxidation sites excluding steroid dienone is 2. The van der Waals surface area contributed by atoms with Gasteiger partial charge in [0.2, 0.25) is 0 Å². The predicted molar refractivity (Wildman–Crippen MR) is 118 cm³/mol. The zero-order valence-corrected chi connectivity index (χ0v) is 18.4. The molecule has 0 heterocycles. The fourth-order valence-electron chi connectivity index (χ4n) is 4.81. The van der Waals surface area contributed by atoms with E-state index in [0.29, 0.717) is 18.3 Å². The van der Waals surface area contributed by atoms with Crippen LogP contribution in [0, 0.1) is 35.5 Å². The van der Waals surface area contributed by atoms with E-state index in [2.05, 4.69) is 43.0 Å². The van der Waals surface area contributed by atoms with Crippen LogP contribution in [-0.2, 0) is 0 Å². The van der Waals surface area contributed by atoms with Crippen molar-refractivity contribution in [3.63, 3.8) is 0 Å². The highest BCUT2D eigenvalue weighted by molar-refractivity contribution is 5.18. The number of hydrogen-bond donors (Lipinski definition) is 2. The Kier molecular flexibility index (Phi) is 9.79. The van der Waals surface area contributed by atoms with E-state index in [9.17, 15) is 10.2 Å². The number of fused-ring (bicyclic) bond motifs is 1. The standard InChI is InChI=1S/C25H41NO2/c1-5-6-11-19(2)24(27)14-13-22-23-17-20(16-21(23)18-25(22)28)12-9-7-8-10-15-26(3)4/h12-14,19,21-25,27-28H,7-11,15-18H2,1-4H3/b14-13+,20-12+/t19-,21+,22-,23+,24-,25-/m1/s1. The molecule has 2 aliphatic rings. The lowest BCUT2D eigenvalue weighted by Crippen LogP contribution is -2.19. The summed E-state index contributed by atoms with van der Waals surface area (Å²) in [7, 11) is 4.27. The fraction of sp³-hybridized carbons (Fsp3) is 0.760. The summed E-state index contributed by atoms with van der Waals surface area (Å²) < 4.78 is 0. The molecule has 0 bridgehead atoms. The highest BCUT2D eigenvalue weighted by Gasteiger charge is 2.44. The molecular formula is C25H41NO2. The second kappa shape index (κ2) is 11.8. The molecule has 6 atom stereocenters. The van der Waals surface area contributed by atoms with Crippen molar-refractivity contribution in [3.8, 4) is 11.8 Å². The third-order valence-corrected chi connectivity index (χ3v) is 6.57. The zero-order chi connectivity index (χ0) is 20.5. The van der Waals surface area contributed by atoms with Gasteiger partial charge in [-0.05, 0) is 83.8 Å². The van der Waals surface area contributed by atoms with Crippen molar-refractivity contribution in [1.82, 2.24) is 4.90 Å². The van der Waals surface area contributed by atoms with Crippen LogP contribution in [0.25, 0.3) is 0 Å². The quantitative estimate of drug-likeness (QED) is 0.331. The molecule has 2 aliphatic carbocycles. The van der Waals surface area contributed by atoms with Crippen molar-refractivity contribution in [2.24, 2.45) is 23.7 Å². The van der Waals surface area contributed by atoms with Gasteiger partial charge in [-0.1, -0.05) is 37.1 Å². The van der Waals surface area contributed by atoms with E-state index in [4.69, 9.17) is 0 Å². The van der Waals surface area contributed by atoms with Gasteiger partial charge in [0, 0.05) is 12.3 Å². The predicted octanol–water partition coefficient (Wildman–Crippen LogP) is 4.41. The molecule has 0 saturated heterocycles. The van der Waals surface area contributed by atoms with Crippen LogP contribution in [0.15, 0.2) is 23.8 Å². The number of hydrogen-bond acceptors (Lipinski definition) is 3. The van der Waals surface area contributed by atoms with Crippen LogP contribution in [0.1, 0.15) is 65.2 Å². The van der Waals surface area contributed by atoms with Gasteiger partial charge in [0.05, 0.1) is 12.2 Å². The molecule has 2 saturated carbocycles. The summed E-state index contributed by atoms with van der Waals surface area (Å²) in [6.45, 7) is 5.04. The second-order valence-electron chi connectivity index (χ2n) is 9.21. The minimum Gasteiger partial charge on any atom is -0.392 e. The summed E-state index contributed by atoms with van der Waals surface area (Å²) in [5, 5.41) is 20.9. The van der Waals surface area contributed by atoms with Crippen LogP contribution in [-0.4, -0.2) is 48.0 Å². The molecular weight excluding hydrogens is 346 g/mol. The normalized spacial score (nSPS) is 30.6. The Morgan fingerprint density at radius 1 is 1.21 bits per heavy atom.